The Morgan fingerprint density at radius 3 is 2.23 bits per heavy atom. The lowest BCUT2D eigenvalue weighted by Gasteiger charge is -2.05. The van der Waals surface area contributed by atoms with Crippen LogP contribution in [0.2, 0.25) is 0 Å². The molecule has 2 amide bonds. The number of hydrogen-bond donors (Lipinski definition) is 2. The number of amides is 2. The molecule has 0 unspecified atom stereocenters. The Balaban J connectivity index is 2.00. The van der Waals surface area contributed by atoms with Crippen LogP contribution in [0.4, 0.5) is 13.2 Å². The van der Waals surface area contributed by atoms with Gasteiger partial charge in [-0.2, -0.15) is 18.2 Å². The average Bonchev–Trinajstić information content (AvgIpc) is 3.08. The predicted molar refractivity (Wildman–Crippen MR) is 80.8 cm³/mol. The van der Waals surface area contributed by atoms with E-state index in [-0.39, 0.29) is 35.9 Å². The summed E-state index contributed by atoms with van der Waals surface area (Å²) in [5.74, 6) is -3.75. The second kappa shape index (κ2) is 7.76. The molecule has 0 aliphatic rings. The molecular weight excluding hydrogens is 357 g/mol. The largest absolute Gasteiger partial charge is 0.471 e. The summed E-state index contributed by atoms with van der Waals surface area (Å²) < 4.78 is 41.4. The van der Waals surface area contributed by atoms with Gasteiger partial charge in [0.1, 0.15) is 0 Å². The van der Waals surface area contributed by atoms with Crippen LogP contribution in [0.5, 0.6) is 0 Å². The fourth-order valence-electron chi connectivity index (χ4n) is 1.85. The van der Waals surface area contributed by atoms with Gasteiger partial charge in [-0.15, -0.1) is 0 Å². The summed E-state index contributed by atoms with van der Waals surface area (Å²) in [6, 6.07) is 5.11. The zero-order chi connectivity index (χ0) is 19.3. The van der Waals surface area contributed by atoms with Crippen molar-refractivity contribution in [2.24, 2.45) is 0 Å². The van der Waals surface area contributed by atoms with Crippen LogP contribution in [-0.2, 0) is 15.8 Å². The SMILES string of the molecule is CC(=O)NCCNC(=O)C(=O)c1ccc(-c2noc(C(F)(F)F)n2)cc1. The van der Waals surface area contributed by atoms with Gasteiger partial charge in [0.2, 0.25) is 17.5 Å². The molecule has 0 atom stereocenters. The van der Waals surface area contributed by atoms with E-state index >= 15 is 0 Å². The molecule has 0 saturated carbocycles. The van der Waals surface area contributed by atoms with Crippen molar-refractivity contribution in [3.8, 4) is 11.4 Å². The van der Waals surface area contributed by atoms with Gasteiger partial charge < -0.3 is 15.2 Å². The lowest BCUT2D eigenvalue weighted by Crippen LogP contribution is -2.37. The van der Waals surface area contributed by atoms with E-state index in [4.69, 9.17) is 0 Å². The summed E-state index contributed by atoms with van der Waals surface area (Å²) in [6.45, 7) is 1.56. The number of carbonyl (C=O) groups excluding carboxylic acids is 3. The number of carbonyl (C=O) groups is 3. The van der Waals surface area contributed by atoms with Crippen molar-refractivity contribution in [1.29, 1.82) is 0 Å². The van der Waals surface area contributed by atoms with Crippen molar-refractivity contribution in [2.75, 3.05) is 13.1 Å². The molecule has 8 nitrogen and oxygen atoms in total. The Hall–Kier alpha value is -3.24. The maximum Gasteiger partial charge on any atom is 0.471 e. The van der Waals surface area contributed by atoms with Gasteiger partial charge in [0, 0.05) is 31.1 Å². The standard InChI is InChI=1S/C15H13F3N4O4/c1-8(23)19-6-7-20-13(25)11(24)9-2-4-10(5-3-9)12-21-14(26-22-12)15(16,17)18/h2-5H,6-7H2,1H3,(H,19,23)(H,20,25). The number of nitrogens with zero attached hydrogens (tertiary/aromatic N) is 2. The highest BCUT2D eigenvalue weighted by molar-refractivity contribution is 6.42. The Labute approximate surface area is 144 Å². The topological polar surface area (TPSA) is 114 Å². The van der Waals surface area contributed by atoms with Crippen LogP contribution in [0.25, 0.3) is 11.4 Å². The highest BCUT2D eigenvalue weighted by Crippen LogP contribution is 2.29. The van der Waals surface area contributed by atoms with Crippen LogP contribution in [0.3, 0.4) is 0 Å². The maximum absolute atomic E-state index is 12.4. The zero-order valence-electron chi connectivity index (χ0n) is 13.4. The number of hydrogen-bond acceptors (Lipinski definition) is 6. The lowest BCUT2D eigenvalue weighted by molar-refractivity contribution is -0.159. The third-order valence-corrected chi connectivity index (χ3v) is 3.06. The van der Waals surface area contributed by atoms with Crippen LogP contribution in [-0.4, -0.2) is 40.8 Å². The molecule has 138 valence electrons. The Morgan fingerprint density at radius 1 is 1.08 bits per heavy atom. The van der Waals surface area contributed by atoms with Crippen molar-refractivity contribution in [1.82, 2.24) is 20.8 Å². The second-order valence-electron chi connectivity index (χ2n) is 5.07. The fourth-order valence-corrected chi connectivity index (χ4v) is 1.85. The molecule has 0 aliphatic carbocycles. The van der Waals surface area contributed by atoms with Gasteiger partial charge in [0.15, 0.2) is 0 Å². The Bertz CT molecular complexity index is 815. The van der Waals surface area contributed by atoms with Gasteiger partial charge >= 0.3 is 12.1 Å². The number of rotatable bonds is 6. The van der Waals surface area contributed by atoms with Crippen LogP contribution in [0, 0.1) is 0 Å². The number of nitrogens with one attached hydrogen (secondary N) is 2. The number of halogens is 3. The smallest absolute Gasteiger partial charge is 0.355 e. The fraction of sp³-hybridized carbons (Fsp3) is 0.267. The first-order valence-corrected chi connectivity index (χ1v) is 7.27. The molecule has 11 heteroatoms. The molecule has 0 spiro atoms. The Kier molecular flexibility index (Phi) is 5.70. The van der Waals surface area contributed by atoms with Crippen LogP contribution in [0.1, 0.15) is 23.2 Å². The average molecular weight is 370 g/mol. The molecule has 0 saturated heterocycles. The predicted octanol–water partition coefficient (Wildman–Crippen LogP) is 1.19. The minimum Gasteiger partial charge on any atom is -0.355 e. The normalized spacial score (nSPS) is 11.1. The van der Waals surface area contributed by atoms with Crippen molar-refractivity contribution in [2.45, 2.75) is 13.1 Å². The monoisotopic (exact) mass is 370 g/mol. The second-order valence-corrected chi connectivity index (χ2v) is 5.07. The van der Waals surface area contributed by atoms with Crippen LogP contribution in [0.15, 0.2) is 28.8 Å². The summed E-state index contributed by atoms with van der Waals surface area (Å²) in [5, 5.41) is 8.01. The number of Topliss-reactive ketones (excluding diaryl/α,β-unsaturated/α-hetero) is 1. The van der Waals surface area contributed by atoms with E-state index in [1.807, 2.05) is 0 Å². The third-order valence-electron chi connectivity index (χ3n) is 3.06. The van der Waals surface area contributed by atoms with Crippen molar-refractivity contribution < 1.29 is 32.1 Å². The molecule has 2 rings (SSSR count). The number of ketones is 1. The molecule has 0 fully saturated rings. The highest BCUT2D eigenvalue weighted by Gasteiger charge is 2.38. The van der Waals surface area contributed by atoms with Gasteiger partial charge in [0.25, 0.3) is 5.91 Å². The first-order valence-electron chi connectivity index (χ1n) is 7.27. The van der Waals surface area contributed by atoms with Gasteiger partial charge in [-0.1, -0.05) is 29.4 Å². The quantitative estimate of drug-likeness (QED) is 0.449. The van der Waals surface area contributed by atoms with E-state index in [9.17, 15) is 27.6 Å². The number of aromatic nitrogens is 2. The van der Waals surface area contributed by atoms with Gasteiger partial charge in [0.05, 0.1) is 0 Å². The van der Waals surface area contributed by atoms with Gasteiger partial charge in [-0.3, -0.25) is 14.4 Å². The van der Waals surface area contributed by atoms with E-state index in [2.05, 4.69) is 25.3 Å². The number of benzene rings is 1. The van der Waals surface area contributed by atoms with E-state index in [0.717, 1.165) is 0 Å². The summed E-state index contributed by atoms with van der Waals surface area (Å²) in [5.41, 5.74) is 0.220. The molecule has 26 heavy (non-hydrogen) atoms. The van der Waals surface area contributed by atoms with E-state index in [1.165, 1.54) is 31.2 Å². The summed E-state index contributed by atoms with van der Waals surface area (Å²) >= 11 is 0. The minimum atomic E-state index is -4.75. The molecular formula is C15H13F3N4O4. The molecule has 0 bridgehead atoms. The van der Waals surface area contributed by atoms with Crippen molar-refractivity contribution in [3.05, 3.63) is 35.7 Å². The van der Waals surface area contributed by atoms with Crippen molar-refractivity contribution >= 4 is 17.6 Å². The van der Waals surface area contributed by atoms with Crippen molar-refractivity contribution in [3.63, 3.8) is 0 Å². The highest BCUT2D eigenvalue weighted by atomic mass is 19.4. The third kappa shape index (κ3) is 4.88. The summed E-state index contributed by atoms with van der Waals surface area (Å²) in [6.07, 6.45) is -4.75. The molecule has 1 aromatic carbocycles. The molecule has 0 radical (unpaired) electrons. The molecule has 1 aromatic heterocycles. The maximum atomic E-state index is 12.4. The summed E-state index contributed by atoms with van der Waals surface area (Å²) in [4.78, 5) is 37.6. The van der Waals surface area contributed by atoms with E-state index in [0.29, 0.717) is 0 Å². The molecule has 2 N–H and O–H groups in total. The first kappa shape index (κ1) is 19.1. The zero-order valence-corrected chi connectivity index (χ0v) is 13.4. The van der Waals surface area contributed by atoms with Gasteiger partial charge in [-0.25, -0.2) is 0 Å². The summed E-state index contributed by atoms with van der Waals surface area (Å²) in [7, 11) is 0. The van der Waals surface area contributed by atoms with Crippen LogP contribution < -0.4 is 10.6 Å². The minimum absolute atomic E-state index is 0.0327. The molecule has 0 aliphatic heterocycles. The van der Waals surface area contributed by atoms with Gasteiger partial charge in [-0.05, 0) is 0 Å². The first-order chi connectivity index (χ1) is 12.2. The lowest BCUT2D eigenvalue weighted by atomic mass is 10.1. The van der Waals surface area contributed by atoms with E-state index < -0.39 is 23.8 Å². The number of alkyl halides is 3. The molecule has 2 aromatic rings. The van der Waals surface area contributed by atoms with E-state index in [1.54, 1.807) is 0 Å². The Morgan fingerprint density at radius 2 is 1.69 bits per heavy atom. The van der Waals surface area contributed by atoms with Crippen LogP contribution >= 0.6 is 0 Å². The molecule has 1 heterocycles.